The van der Waals surface area contributed by atoms with Gasteiger partial charge in [-0.05, 0) is 33.6 Å². The number of anilines is 1. The van der Waals surface area contributed by atoms with Crippen molar-refractivity contribution in [2.45, 2.75) is 18.9 Å². The van der Waals surface area contributed by atoms with Gasteiger partial charge in [-0.1, -0.05) is 12.1 Å². The molecule has 9 nitrogen and oxygen atoms in total. The lowest BCUT2D eigenvalue weighted by atomic mass is 9.98. The number of fused-ring (bicyclic) bond motifs is 1. The predicted molar refractivity (Wildman–Crippen MR) is 106 cm³/mol. The Balaban J connectivity index is 1.51. The van der Waals surface area contributed by atoms with Crippen molar-refractivity contribution in [2.24, 2.45) is 7.05 Å². The molecule has 0 radical (unpaired) electrons. The van der Waals surface area contributed by atoms with E-state index in [9.17, 15) is 14.4 Å². The Hall–Kier alpha value is -3.01. The van der Waals surface area contributed by atoms with Crippen molar-refractivity contribution < 1.29 is 9.59 Å². The summed E-state index contributed by atoms with van der Waals surface area (Å²) in [6, 6.07) is 7.39. The normalized spacial score (nSPS) is 16.4. The third-order valence-electron chi connectivity index (χ3n) is 4.70. The molecule has 0 spiro atoms. The summed E-state index contributed by atoms with van der Waals surface area (Å²) in [5, 5.41) is 10.1. The number of carbonyl (C=O) groups excluding carboxylic acids is 2. The van der Waals surface area contributed by atoms with E-state index in [-0.39, 0.29) is 29.8 Å². The number of rotatable bonds is 4. The minimum atomic E-state index is -0.346. The van der Waals surface area contributed by atoms with Crippen molar-refractivity contribution in [1.82, 2.24) is 24.6 Å². The van der Waals surface area contributed by atoms with E-state index in [1.54, 1.807) is 13.1 Å². The number of nitrogens with zero attached hydrogens (tertiary/aromatic N) is 4. The van der Waals surface area contributed by atoms with E-state index in [2.05, 4.69) is 36.6 Å². The van der Waals surface area contributed by atoms with Crippen molar-refractivity contribution in [2.75, 3.05) is 11.9 Å². The molecule has 1 saturated heterocycles. The molecule has 28 heavy (non-hydrogen) atoms. The Labute approximate surface area is 167 Å². The molecule has 0 saturated carbocycles. The average molecular weight is 445 g/mol. The molecule has 1 aliphatic rings. The summed E-state index contributed by atoms with van der Waals surface area (Å²) in [7, 11) is 1.69. The fraction of sp³-hybridized carbons (Fsp3) is 0.278. The van der Waals surface area contributed by atoms with Crippen molar-refractivity contribution in [3.8, 4) is 0 Å². The molecule has 2 aromatic heterocycles. The molecular weight excluding hydrogens is 428 g/mol. The molecule has 1 fully saturated rings. The van der Waals surface area contributed by atoms with Crippen LogP contribution in [0, 0.1) is 0 Å². The monoisotopic (exact) mass is 444 g/mol. The second-order valence-corrected chi connectivity index (χ2v) is 7.42. The van der Waals surface area contributed by atoms with Crippen LogP contribution < -0.4 is 16.2 Å². The van der Waals surface area contributed by atoms with Gasteiger partial charge in [0, 0.05) is 31.6 Å². The number of aryl methyl sites for hydroxylation is 1. The number of halogens is 1. The number of amides is 2. The molecule has 0 bridgehead atoms. The molecule has 0 aliphatic carbocycles. The van der Waals surface area contributed by atoms with Crippen LogP contribution in [0.15, 0.2) is 40.0 Å². The Morgan fingerprint density at radius 1 is 1.39 bits per heavy atom. The molecule has 1 unspecified atom stereocenters. The highest BCUT2D eigenvalue weighted by molar-refractivity contribution is 9.10. The second kappa shape index (κ2) is 7.19. The van der Waals surface area contributed by atoms with E-state index in [0.717, 1.165) is 5.56 Å². The van der Waals surface area contributed by atoms with Crippen LogP contribution in [0.1, 0.15) is 17.9 Å². The molecule has 1 aliphatic heterocycles. The summed E-state index contributed by atoms with van der Waals surface area (Å²) in [6.07, 6.45) is 1.78. The SMILES string of the molecule is Cn1nc(Br)c2c(=O)n(CC(=O)Nc3cccc(C4CNC(=O)C4)c3)cnc21. The standard InChI is InChI=1S/C18H17BrN6O3/c1-24-17-15(16(19)23-24)18(28)25(9-21-17)8-14(27)22-12-4-2-3-10(5-12)11-6-13(26)20-7-11/h2-5,9,11H,6-8H2,1H3,(H,20,26)(H,22,27). The number of hydrogen-bond acceptors (Lipinski definition) is 5. The highest BCUT2D eigenvalue weighted by Gasteiger charge is 2.23. The second-order valence-electron chi connectivity index (χ2n) is 6.67. The zero-order valence-corrected chi connectivity index (χ0v) is 16.6. The van der Waals surface area contributed by atoms with Gasteiger partial charge in [0.05, 0.1) is 0 Å². The zero-order chi connectivity index (χ0) is 19.8. The fourth-order valence-electron chi connectivity index (χ4n) is 3.31. The van der Waals surface area contributed by atoms with Gasteiger partial charge in [-0.25, -0.2) is 9.67 Å². The van der Waals surface area contributed by atoms with Crippen molar-refractivity contribution >= 4 is 44.5 Å². The van der Waals surface area contributed by atoms with Crippen LogP contribution in [0.2, 0.25) is 0 Å². The third kappa shape index (κ3) is 3.42. The van der Waals surface area contributed by atoms with Gasteiger partial charge in [0.1, 0.15) is 22.9 Å². The van der Waals surface area contributed by atoms with Gasteiger partial charge >= 0.3 is 0 Å². The van der Waals surface area contributed by atoms with E-state index in [1.165, 1.54) is 15.6 Å². The summed E-state index contributed by atoms with van der Waals surface area (Å²) in [5.41, 5.74) is 1.70. The van der Waals surface area contributed by atoms with Gasteiger partial charge in [0.15, 0.2) is 5.65 Å². The maximum atomic E-state index is 12.6. The molecule has 4 rings (SSSR count). The van der Waals surface area contributed by atoms with E-state index < -0.39 is 0 Å². The maximum absolute atomic E-state index is 12.6. The van der Waals surface area contributed by atoms with E-state index in [4.69, 9.17) is 0 Å². The van der Waals surface area contributed by atoms with Crippen LogP contribution in [0.5, 0.6) is 0 Å². The molecule has 1 atom stereocenters. The molecule has 144 valence electrons. The minimum absolute atomic E-state index is 0.0308. The summed E-state index contributed by atoms with van der Waals surface area (Å²) < 4.78 is 3.14. The Bertz CT molecular complexity index is 1150. The smallest absolute Gasteiger partial charge is 0.266 e. The first-order chi connectivity index (χ1) is 13.4. The quantitative estimate of drug-likeness (QED) is 0.626. The van der Waals surface area contributed by atoms with Crippen LogP contribution in [0.3, 0.4) is 0 Å². The molecule has 10 heteroatoms. The van der Waals surface area contributed by atoms with E-state index in [0.29, 0.717) is 34.3 Å². The first-order valence-electron chi connectivity index (χ1n) is 8.66. The average Bonchev–Trinajstić information content (AvgIpc) is 3.21. The number of nitrogens with one attached hydrogen (secondary N) is 2. The van der Waals surface area contributed by atoms with Crippen LogP contribution in [-0.2, 0) is 23.2 Å². The Morgan fingerprint density at radius 3 is 2.96 bits per heavy atom. The maximum Gasteiger partial charge on any atom is 0.266 e. The van der Waals surface area contributed by atoms with Gasteiger partial charge < -0.3 is 10.6 Å². The first kappa shape index (κ1) is 18.4. The Morgan fingerprint density at radius 2 is 2.21 bits per heavy atom. The van der Waals surface area contributed by atoms with Gasteiger partial charge in [-0.3, -0.25) is 19.0 Å². The lowest BCUT2D eigenvalue weighted by molar-refractivity contribution is -0.119. The molecule has 2 amide bonds. The topological polar surface area (TPSA) is 111 Å². The van der Waals surface area contributed by atoms with Gasteiger partial charge in [0.25, 0.3) is 5.56 Å². The van der Waals surface area contributed by atoms with Crippen LogP contribution in [0.25, 0.3) is 11.0 Å². The summed E-state index contributed by atoms with van der Waals surface area (Å²) >= 11 is 3.25. The summed E-state index contributed by atoms with van der Waals surface area (Å²) in [5.74, 6) is -0.217. The summed E-state index contributed by atoms with van der Waals surface area (Å²) in [4.78, 5) is 40.7. The molecule has 1 aromatic carbocycles. The van der Waals surface area contributed by atoms with E-state index in [1.807, 2.05) is 18.2 Å². The highest BCUT2D eigenvalue weighted by atomic mass is 79.9. The number of aromatic nitrogens is 4. The van der Waals surface area contributed by atoms with Crippen molar-refractivity contribution in [3.05, 3.63) is 51.1 Å². The van der Waals surface area contributed by atoms with Crippen LogP contribution in [-0.4, -0.2) is 37.7 Å². The number of carbonyl (C=O) groups is 2. The largest absolute Gasteiger partial charge is 0.355 e. The molecule has 2 N–H and O–H groups in total. The zero-order valence-electron chi connectivity index (χ0n) is 15.0. The lowest BCUT2D eigenvalue weighted by Crippen LogP contribution is -2.28. The van der Waals surface area contributed by atoms with Crippen molar-refractivity contribution in [1.29, 1.82) is 0 Å². The highest BCUT2D eigenvalue weighted by Crippen LogP contribution is 2.25. The van der Waals surface area contributed by atoms with Gasteiger partial charge in [-0.2, -0.15) is 5.10 Å². The number of benzene rings is 1. The van der Waals surface area contributed by atoms with E-state index >= 15 is 0 Å². The van der Waals surface area contributed by atoms with Crippen LogP contribution >= 0.6 is 15.9 Å². The summed E-state index contributed by atoms with van der Waals surface area (Å²) in [6.45, 7) is 0.425. The third-order valence-corrected chi connectivity index (χ3v) is 5.26. The first-order valence-corrected chi connectivity index (χ1v) is 9.46. The number of hydrogen-bond donors (Lipinski definition) is 2. The molecule has 3 heterocycles. The molecular formula is C18H17BrN6O3. The fourth-order valence-corrected chi connectivity index (χ4v) is 3.90. The Kier molecular flexibility index (Phi) is 4.71. The van der Waals surface area contributed by atoms with Crippen LogP contribution in [0.4, 0.5) is 5.69 Å². The molecule has 3 aromatic rings. The minimum Gasteiger partial charge on any atom is -0.355 e. The van der Waals surface area contributed by atoms with Gasteiger partial charge in [-0.15, -0.1) is 0 Å². The van der Waals surface area contributed by atoms with Gasteiger partial charge in [0.2, 0.25) is 11.8 Å². The lowest BCUT2D eigenvalue weighted by Gasteiger charge is -2.11. The predicted octanol–water partition coefficient (Wildman–Crippen LogP) is 1.13. The van der Waals surface area contributed by atoms with Crippen molar-refractivity contribution in [3.63, 3.8) is 0 Å².